The summed E-state index contributed by atoms with van der Waals surface area (Å²) < 4.78 is 10.5. The van der Waals surface area contributed by atoms with Crippen LogP contribution < -0.4 is 0 Å². The monoisotopic (exact) mass is 326 g/mol. The maximum Gasteiger partial charge on any atom is 0.313 e. The molecule has 1 rings (SSSR count). The lowest BCUT2D eigenvalue weighted by Gasteiger charge is -2.17. The molecule has 1 fully saturated rings. The average Bonchev–Trinajstić information content (AvgIpc) is 2.80. The van der Waals surface area contributed by atoms with Gasteiger partial charge in [0, 0.05) is 0 Å². The molecule has 0 aromatic carbocycles. The zero-order chi connectivity index (χ0) is 17.1. The highest BCUT2D eigenvalue weighted by molar-refractivity contribution is 5.85. The van der Waals surface area contributed by atoms with Crippen molar-refractivity contribution >= 4 is 11.9 Å². The molecule has 0 bridgehead atoms. The van der Waals surface area contributed by atoms with Gasteiger partial charge in [-0.15, -0.1) is 0 Å². The maximum absolute atomic E-state index is 12.0. The van der Waals surface area contributed by atoms with E-state index in [1.807, 2.05) is 0 Å². The highest BCUT2D eigenvalue weighted by Crippen LogP contribution is 2.32. The van der Waals surface area contributed by atoms with Crippen LogP contribution >= 0.6 is 0 Å². The number of carbonyl (C=O) groups is 2. The first-order chi connectivity index (χ1) is 11.1. The molecule has 1 saturated heterocycles. The highest BCUT2D eigenvalue weighted by atomic mass is 16.6. The second kappa shape index (κ2) is 11.5. The van der Waals surface area contributed by atoms with E-state index in [0.29, 0.717) is 6.61 Å². The van der Waals surface area contributed by atoms with Gasteiger partial charge in [-0.25, -0.2) is 0 Å². The number of hydrogen-bond donors (Lipinski definition) is 0. The minimum Gasteiger partial charge on any atom is -0.466 e. The lowest BCUT2D eigenvalue weighted by molar-refractivity contribution is -0.151. The van der Waals surface area contributed by atoms with Gasteiger partial charge in [0.25, 0.3) is 0 Å². The van der Waals surface area contributed by atoms with Crippen LogP contribution in [0.15, 0.2) is 0 Å². The third kappa shape index (κ3) is 6.92. The Labute approximate surface area is 141 Å². The maximum atomic E-state index is 12.0. The Hall–Kier alpha value is -1.06. The number of cyclic esters (lactones) is 1. The van der Waals surface area contributed by atoms with Crippen molar-refractivity contribution in [2.24, 2.45) is 11.8 Å². The average molecular weight is 326 g/mol. The summed E-state index contributed by atoms with van der Waals surface area (Å²) in [5, 5.41) is 0. The summed E-state index contributed by atoms with van der Waals surface area (Å²) in [7, 11) is 0. The van der Waals surface area contributed by atoms with Crippen molar-refractivity contribution in [2.75, 3.05) is 6.61 Å². The molecule has 0 spiro atoms. The van der Waals surface area contributed by atoms with Crippen LogP contribution in [0.5, 0.6) is 0 Å². The van der Waals surface area contributed by atoms with Crippen LogP contribution in [0, 0.1) is 11.8 Å². The largest absolute Gasteiger partial charge is 0.466 e. The molecule has 4 heteroatoms. The van der Waals surface area contributed by atoms with Gasteiger partial charge in [-0.3, -0.25) is 9.59 Å². The normalized spacial score (nSPS) is 23.8. The SMILES string of the molecule is CCCCCCCCCCC[C@H]1OC(=O)[C@@H](C)[C@@H]1C(=O)OCC. The molecule has 0 saturated carbocycles. The number of carbonyl (C=O) groups excluding carboxylic acids is 2. The van der Waals surface area contributed by atoms with Gasteiger partial charge < -0.3 is 9.47 Å². The van der Waals surface area contributed by atoms with E-state index < -0.39 is 5.92 Å². The molecule has 0 amide bonds. The molecule has 0 N–H and O–H groups in total. The minimum atomic E-state index is -0.420. The second-order valence-corrected chi connectivity index (χ2v) is 6.66. The lowest BCUT2D eigenvalue weighted by Crippen LogP contribution is -2.30. The van der Waals surface area contributed by atoms with Gasteiger partial charge in [0.05, 0.1) is 12.5 Å². The molecule has 1 heterocycles. The Balaban J connectivity index is 2.19. The van der Waals surface area contributed by atoms with Crippen LogP contribution in [-0.2, 0) is 19.1 Å². The van der Waals surface area contributed by atoms with Gasteiger partial charge in [-0.05, 0) is 19.8 Å². The van der Waals surface area contributed by atoms with Crippen molar-refractivity contribution in [1.82, 2.24) is 0 Å². The van der Waals surface area contributed by atoms with Crippen molar-refractivity contribution in [3.05, 3.63) is 0 Å². The van der Waals surface area contributed by atoms with E-state index in [4.69, 9.17) is 9.47 Å². The molecular weight excluding hydrogens is 292 g/mol. The van der Waals surface area contributed by atoms with Crippen LogP contribution in [0.25, 0.3) is 0 Å². The summed E-state index contributed by atoms with van der Waals surface area (Å²) in [4.78, 5) is 23.8. The summed E-state index contributed by atoms with van der Waals surface area (Å²) in [5.41, 5.74) is 0. The molecular formula is C19H34O4. The molecule has 134 valence electrons. The summed E-state index contributed by atoms with van der Waals surface area (Å²) in [5.74, 6) is -1.34. The van der Waals surface area contributed by atoms with Gasteiger partial charge in [-0.1, -0.05) is 65.2 Å². The van der Waals surface area contributed by atoms with E-state index in [2.05, 4.69) is 6.92 Å². The zero-order valence-corrected chi connectivity index (χ0v) is 15.1. The number of ether oxygens (including phenoxy) is 2. The molecule has 1 aliphatic rings. The number of unbranched alkanes of at least 4 members (excludes halogenated alkanes) is 8. The third-order valence-electron chi connectivity index (χ3n) is 4.73. The summed E-state index contributed by atoms with van der Waals surface area (Å²) >= 11 is 0. The van der Waals surface area contributed by atoms with Crippen molar-refractivity contribution in [3.63, 3.8) is 0 Å². The van der Waals surface area contributed by atoms with Crippen LogP contribution in [-0.4, -0.2) is 24.6 Å². The molecule has 0 aliphatic carbocycles. The lowest BCUT2D eigenvalue weighted by atomic mass is 9.89. The van der Waals surface area contributed by atoms with Gasteiger partial charge in [0.15, 0.2) is 0 Å². The first-order valence-corrected chi connectivity index (χ1v) is 9.48. The number of rotatable bonds is 12. The molecule has 0 aromatic heterocycles. The van der Waals surface area contributed by atoms with Crippen LogP contribution in [0.4, 0.5) is 0 Å². The van der Waals surface area contributed by atoms with Crippen molar-refractivity contribution < 1.29 is 19.1 Å². The van der Waals surface area contributed by atoms with Gasteiger partial charge in [0.1, 0.15) is 12.0 Å². The smallest absolute Gasteiger partial charge is 0.313 e. The van der Waals surface area contributed by atoms with Crippen molar-refractivity contribution in [3.8, 4) is 0 Å². The van der Waals surface area contributed by atoms with E-state index >= 15 is 0 Å². The summed E-state index contributed by atoms with van der Waals surface area (Å²) in [6.07, 6.45) is 11.8. The quantitative estimate of drug-likeness (QED) is 0.387. The number of esters is 2. The fourth-order valence-corrected chi connectivity index (χ4v) is 3.29. The summed E-state index contributed by atoms with van der Waals surface area (Å²) in [6.45, 7) is 6.14. The third-order valence-corrected chi connectivity index (χ3v) is 4.73. The van der Waals surface area contributed by atoms with E-state index in [1.165, 1.54) is 44.9 Å². The van der Waals surface area contributed by atoms with Gasteiger partial charge in [0.2, 0.25) is 0 Å². The van der Waals surface area contributed by atoms with Crippen LogP contribution in [0.1, 0.15) is 85.0 Å². The first kappa shape index (κ1) is 20.0. The topological polar surface area (TPSA) is 52.6 Å². The fraction of sp³-hybridized carbons (Fsp3) is 0.895. The number of hydrogen-bond acceptors (Lipinski definition) is 4. The Kier molecular flexibility index (Phi) is 9.97. The van der Waals surface area contributed by atoms with Gasteiger partial charge >= 0.3 is 11.9 Å². The zero-order valence-electron chi connectivity index (χ0n) is 15.1. The van der Waals surface area contributed by atoms with Crippen LogP contribution in [0.2, 0.25) is 0 Å². The molecule has 3 atom stereocenters. The Morgan fingerprint density at radius 3 is 2.13 bits per heavy atom. The predicted molar refractivity (Wildman–Crippen MR) is 91.0 cm³/mol. The van der Waals surface area contributed by atoms with Crippen molar-refractivity contribution in [1.29, 1.82) is 0 Å². The molecule has 0 aromatic rings. The van der Waals surface area contributed by atoms with E-state index in [1.54, 1.807) is 13.8 Å². The molecule has 1 aliphatic heterocycles. The predicted octanol–water partition coefficient (Wildman–Crippen LogP) is 4.65. The highest BCUT2D eigenvalue weighted by Gasteiger charge is 2.46. The van der Waals surface area contributed by atoms with E-state index in [-0.39, 0.29) is 24.0 Å². The summed E-state index contributed by atoms with van der Waals surface area (Å²) in [6, 6.07) is 0. The van der Waals surface area contributed by atoms with E-state index in [9.17, 15) is 9.59 Å². The minimum absolute atomic E-state index is 0.260. The molecule has 4 nitrogen and oxygen atoms in total. The fourth-order valence-electron chi connectivity index (χ4n) is 3.29. The Bertz CT molecular complexity index is 353. The molecule has 0 unspecified atom stereocenters. The standard InChI is InChI=1S/C19H34O4/c1-4-6-7-8-9-10-11-12-13-14-16-17(19(21)22-5-2)15(3)18(20)23-16/h15-17H,4-14H2,1-3H3/t15-,16+,17-/m0/s1. The Morgan fingerprint density at radius 2 is 1.57 bits per heavy atom. The van der Waals surface area contributed by atoms with E-state index in [0.717, 1.165) is 19.3 Å². The Morgan fingerprint density at radius 1 is 1.00 bits per heavy atom. The first-order valence-electron chi connectivity index (χ1n) is 9.48. The van der Waals surface area contributed by atoms with Crippen molar-refractivity contribution in [2.45, 2.75) is 91.1 Å². The van der Waals surface area contributed by atoms with Gasteiger partial charge in [-0.2, -0.15) is 0 Å². The second-order valence-electron chi connectivity index (χ2n) is 6.66. The molecule has 23 heavy (non-hydrogen) atoms. The van der Waals surface area contributed by atoms with Crippen LogP contribution in [0.3, 0.4) is 0 Å². The molecule has 0 radical (unpaired) electrons.